The predicted molar refractivity (Wildman–Crippen MR) is 197 cm³/mol. The van der Waals surface area contributed by atoms with Gasteiger partial charge in [0.25, 0.3) is 5.56 Å². The summed E-state index contributed by atoms with van der Waals surface area (Å²) in [6.07, 6.45) is 3.92. The van der Waals surface area contributed by atoms with E-state index in [1.807, 2.05) is 52.8 Å². The zero-order valence-corrected chi connectivity index (χ0v) is 29.8. The summed E-state index contributed by atoms with van der Waals surface area (Å²) < 4.78 is 17.1. The number of aryl methyl sites for hydroxylation is 1. The van der Waals surface area contributed by atoms with Crippen LogP contribution >= 0.6 is 11.6 Å². The zero-order valence-electron chi connectivity index (χ0n) is 29.0. The summed E-state index contributed by atoms with van der Waals surface area (Å²) in [4.78, 5) is 46.4. The van der Waals surface area contributed by atoms with E-state index in [4.69, 9.17) is 27.3 Å². The number of benzene rings is 1. The zero-order chi connectivity index (χ0) is 35.3. The highest BCUT2D eigenvalue weighted by atomic mass is 35.5. The van der Waals surface area contributed by atoms with E-state index in [-0.39, 0.29) is 51.4 Å². The average molecular weight is 687 g/mol. The number of halogens is 2. The van der Waals surface area contributed by atoms with Gasteiger partial charge in [-0.05, 0) is 82.7 Å². The highest BCUT2D eigenvalue weighted by molar-refractivity contribution is 6.34. The number of carbonyl (C=O) groups excluding carboxylic acids is 1. The van der Waals surface area contributed by atoms with E-state index in [2.05, 4.69) is 21.3 Å². The molecule has 1 amide bonds. The van der Waals surface area contributed by atoms with Gasteiger partial charge < -0.3 is 25.3 Å². The monoisotopic (exact) mass is 686 g/mol. The lowest BCUT2D eigenvalue weighted by atomic mass is 9.98. The second kappa shape index (κ2) is 13.4. The van der Waals surface area contributed by atoms with Crippen LogP contribution in [0.1, 0.15) is 44.4 Å². The van der Waals surface area contributed by atoms with Crippen LogP contribution in [-0.2, 0) is 4.79 Å². The number of carbonyl (C=O) groups is 1. The molecule has 2 unspecified atom stereocenters. The van der Waals surface area contributed by atoms with Crippen LogP contribution in [0.3, 0.4) is 0 Å². The summed E-state index contributed by atoms with van der Waals surface area (Å²) in [7, 11) is 4.06. The maximum absolute atomic E-state index is 15.4. The van der Waals surface area contributed by atoms with E-state index in [1.54, 1.807) is 22.9 Å². The molecule has 5 heterocycles. The number of fused-ring (bicyclic) bond motifs is 5. The van der Waals surface area contributed by atoms with Gasteiger partial charge in [0.05, 0.1) is 39.4 Å². The number of nitrogens with zero attached hydrogens (tertiary/aromatic N) is 7. The Labute approximate surface area is 291 Å². The fraction of sp³-hybridized carbons (Fsp3) is 0.405. The summed E-state index contributed by atoms with van der Waals surface area (Å²) in [6.45, 7) is 14.7. The van der Waals surface area contributed by atoms with Crippen molar-refractivity contribution in [1.29, 1.82) is 0 Å². The molecule has 2 aliphatic rings. The molecule has 0 aliphatic carbocycles. The Kier molecular flexibility index (Phi) is 9.43. The molecule has 0 spiro atoms. The number of piperazine rings is 1. The number of pyridine rings is 3. The molecule has 0 radical (unpaired) electrons. The number of nitrogens with two attached hydrogens (primary N) is 1. The minimum atomic E-state index is -0.565. The van der Waals surface area contributed by atoms with Crippen LogP contribution in [0, 0.1) is 12.7 Å². The predicted octanol–water partition coefficient (Wildman–Crippen LogP) is 5.62. The topological polar surface area (TPSA) is 104 Å². The van der Waals surface area contributed by atoms with Crippen LogP contribution < -0.4 is 21.1 Å². The molecule has 12 heteroatoms. The van der Waals surface area contributed by atoms with Gasteiger partial charge in [-0.2, -0.15) is 0 Å². The maximum Gasteiger partial charge on any atom is 0.282 e. The van der Waals surface area contributed by atoms with Crippen molar-refractivity contribution in [2.24, 2.45) is 0 Å². The molecule has 2 aliphatic heterocycles. The Hall–Kier alpha value is -4.48. The lowest BCUT2D eigenvalue weighted by molar-refractivity contribution is -0.128. The molecule has 4 aromatic rings. The van der Waals surface area contributed by atoms with Crippen molar-refractivity contribution in [1.82, 2.24) is 24.3 Å². The Morgan fingerprint density at radius 2 is 1.94 bits per heavy atom. The molecule has 49 heavy (non-hydrogen) atoms. The molecule has 3 aromatic heterocycles. The fourth-order valence-corrected chi connectivity index (χ4v) is 7.55. The van der Waals surface area contributed by atoms with Gasteiger partial charge >= 0.3 is 0 Å². The van der Waals surface area contributed by atoms with Crippen LogP contribution in [0.5, 0.6) is 0 Å². The van der Waals surface area contributed by atoms with E-state index in [0.717, 1.165) is 24.2 Å². The Morgan fingerprint density at radius 3 is 2.61 bits per heavy atom. The van der Waals surface area contributed by atoms with Crippen LogP contribution in [0.15, 0.2) is 54.0 Å². The standard InChI is InChI=1S/C37H44ClFN8O2/c1-8-29(48)45-20-24-19-44(16-10-15-43(6)7)35-34(46(24)18-23(45)5)25-17-26(38)32(30-27(39)11-9-12-28(30)40)42-36(25)47(37(35)49)33-22(4)13-14-41-31(33)21(2)3/h8-9,11-14,17,21,23-24H,1,10,15-16,18-20,40H2,2-7H3. The molecule has 1 aromatic carbocycles. The van der Waals surface area contributed by atoms with Crippen molar-refractivity contribution in [2.75, 3.05) is 62.4 Å². The second-order valence-electron chi connectivity index (χ2n) is 13.7. The van der Waals surface area contributed by atoms with E-state index < -0.39 is 5.82 Å². The minimum absolute atomic E-state index is 0.0150. The van der Waals surface area contributed by atoms with Crippen LogP contribution in [-0.4, -0.2) is 89.1 Å². The summed E-state index contributed by atoms with van der Waals surface area (Å²) in [6, 6.07) is 7.85. The SMILES string of the molecule is C=CC(=O)N1CC2CN(CCCN(C)C)c3c(c4cc(Cl)c(-c5c(N)cccc5F)nc4n(-c4c(C)ccnc4C(C)C)c3=O)N2CC1C. The normalized spacial score (nSPS) is 17.6. The summed E-state index contributed by atoms with van der Waals surface area (Å²) in [5.74, 6) is -0.703. The number of amides is 1. The van der Waals surface area contributed by atoms with Crippen LogP contribution in [0.25, 0.3) is 28.0 Å². The average Bonchev–Trinajstić information content (AvgIpc) is 3.04. The van der Waals surface area contributed by atoms with Gasteiger partial charge in [0.2, 0.25) is 5.91 Å². The second-order valence-corrected chi connectivity index (χ2v) is 14.1. The summed E-state index contributed by atoms with van der Waals surface area (Å²) in [5, 5.41) is 0.854. The van der Waals surface area contributed by atoms with Crippen LogP contribution in [0.2, 0.25) is 5.02 Å². The third-order valence-corrected chi connectivity index (χ3v) is 9.92. The van der Waals surface area contributed by atoms with E-state index in [0.29, 0.717) is 54.3 Å². The number of hydrogen-bond donors (Lipinski definition) is 1. The van der Waals surface area contributed by atoms with Gasteiger partial charge in [-0.25, -0.2) is 9.37 Å². The molecular weight excluding hydrogens is 643 g/mol. The van der Waals surface area contributed by atoms with Crippen molar-refractivity contribution >= 4 is 45.6 Å². The molecule has 2 atom stereocenters. The van der Waals surface area contributed by atoms with E-state index in [9.17, 15) is 4.79 Å². The molecular formula is C37H44ClFN8O2. The smallest absolute Gasteiger partial charge is 0.282 e. The third kappa shape index (κ3) is 6.03. The summed E-state index contributed by atoms with van der Waals surface area (Å²) in [5.41, 5.74) is 10.3. The first-order valence-electron chi connectivity index (χ1n) is 16.7. The van der Waals surface area contributed by atoms with E-state index in [1.165, 1.54) is 18.2 Å². The molecule has 2 N–H and O–H groups in total. The van der Waals surface area contributed by atoms with Gasteiger partial charge in [0, 0.05) is 49.5 Å². The quantitative estimate of drug-likeness (QED) is 0.188. The van der Waals surface area contributed by atoms with Gasteiger partial charge in [-0.15, -0.1) is 0 Å². The third-order valence-electron chi connectivity index (χ3n) is 9.63. The summed E-state index contributed by atoms with van der Waals surface area (Å²) >= 11 is 7.03. The van der Waals surface area contributed by atoms with Crippen molar-refractivity contribution < 1.29 is 9.18 Å². The van der Waals surface area contributed by atoms with Gasteiger partial charge in [-0.3, -0.25) is 19.1 Å². The number of nitrogen functional groups attached to an aromatic ring is 1. The Bertz CT molecular complexity index is 1990. The molecule has 10 nitrogen and oxygen atoms in total. The first-order chi connectivity index (χ1) is 23.3. The number of hydrogen-bond acceptors (Lipinski definition) is 8. The van der Waals surface area contributed by atoms with Gasteiger partial charge in [0.15, 0.2) is 5.65 Å². The molecule has 1 fully saturated rings. The van der Waals surface area contributed by atoms with E-state index >= 15 is 9.18 Å². The fourth-order valence-electron chi connectivity index (χ4n) is 7.31. The number of rotatable bonds is 8. The highest BCUT2D eigenvalue weighted by Crippen LogP contribution is 2.44. The Balaban J connectivity index is 1.72. The molecule has 0 bridgehead atoms. The van der Waals surface area contributed by atoms with Crippen molar-refractivity contribution in [3.05, 3.63) is 81.6 Å². The maximum atomic E-state index is 15.4. The van der Waals surface area contributed by atoms with Crippen molar-refractivity contribution in [3.63, 3.8) is 0 Å². The first-order valence-corrected chi connectivity index (χ1v) is 17.1. The van der Waals surface area contributed by atoms with Crippen molar-refractivity contribution in [2.45, 2.75) is 52.1 Å². The molecule has 1 saturated heterocycles. The number of anilines is 3. The van der Waals surface area contributed by atoms with Gasteiger partial charge in [0.1, 0.15) is 11.5 Å². The van der Waals surface area contributed by atoms with Gasteiger partial charge in [-0.1, -0.05) is 38.1 Å². The molecule has 258 valence electrons. The van der Waals surface area contributed by atoms with Crippen LogP contribution in [0.4, 0.5) is 21.5 Å². The lowest BCUT2D eigenvalue weighted by Crippen LogP contribution is -2.64. The molecule has 6 rings (SSSR count). The van der Waals surface area contributed by atoms with Crippen molar-refractivity contribution in [3.8, 4) is 16.9 Å². The Morgan fingerprint density at radius 1 is 1.18 bits per heavy atom. The minimum Gasteiger partial charge on any atom is -0.398 e. The first kappa shape index (κ1) is 34.4. The molecule has 0 saturated carbocycles. The highest BCUT2D eigenvalue weighted by Gasteiger charge is 2.42. The lowest BCUT2D eigenvalue weighted by Gasteiger charge is -2.52. The largest absolute Gasteiger partial charge is 0.398 e. The number of aromatic nitrogens is 3.